The van der Waals surface area contributed by atoms with Crippen LogP contribution in [0.25, 0.3) is 10.9 Å². The number of aryl methyl sites for hydroxylation is 2. The lowest BCUT2D eigenvalue weighted by atomic mass is 10.1. The molecule has 2 aromatic heterocycles. The summed E-state index contributed by atoms with van der Waals surface area (Å²) in [4.78, 5) is 13.4. The van der Waals surface area contributed by atoms with Crippen molar-refractivity contribution in [3.63, 3.8) is 0 Å². The maximum atomic E-state index is 12.8. The first kappa shape index (κ1) is 14.2. The van der Waals surface area contributed by atoms with Crippen molar-refractivity contribution in [1.82, 2.24) is 4.57 Å². The second-order valence-electron chi connectivity index (χ2n) is 4.90. The van der Waals surface area contributed by atoms with Crippen LogP contribution in [-0.4, -0.2) is 17.5 Å². The van der Waals surface area contributed by atoms with Gasteiger partial charge in [-0.2, -0.15) is 0 Å². The van der Waals surface area contributed by atoms with Crippen molar-refractivity contribution < 1.29 is 9.53 Å². The zero-order valence-electron chi connectivity index (χ0n) is 11.9. The van der Waals surface area contributed by atoms with Crippen LogP contribution >= 0.6 is 22.9 Å². The Balaban J connectivity index is 2.25. The molecule has 0 atom stereocenters. The normalized spacial score (nSPS) is 11.0. The van der Waals surface area contributed by atoms with Gasteiger partial charge in [0.05, 0.1) is 33.5 Å². The summed E-state index contributed by atoms with van der Waals surface area (Å²) in [6.45, 7) is 1.90. The number of ether oxygens (including phenoxy) is 1. The molecule has 0 radical (unpaired) electrons. The number of benzene rings is 1. The molecule has 0 aliphatic carbocycles. The molecule has 0 unspecified atom stereocenters. The highest BCUT2D eigenvalue weighted by Crippen LogP contribution is 2.35. The zero-order chi connectivity index (χ0) is 15.1. The molecule has 1 aromatic carbocycles. The van der Waals surface area contributed by atoms with Gasteiger partial charge in [-0.05, 0) is 30.0 Å². The summed E-state index contributed by atoms with van der Waals surface area (Å²) < 4.78 is 7.34. The number of fused-ring (bicyclic) bond motifs is 1. The third-order valence-electron chi connectivity index (χ3n) is 3.55. The number of thiophene rings is 1. The number of methoxy groups -OCH3 is 1. The monoisotopic (exact) mass is 319 g/mol. The Morgan fingerprint density at radius 2 is 2.14 bits per heavy atom. The van der Waals surface area contributed by atoms with Crippen molar-refractivity contribution in [3.05, 3.63) is 50.8 Å². The van der Waals surface area contributed by atoms with E-state index in [1.165, 1.54) is 11.3 Å². The van der Waals surface area contributed by atoms with Crippen LogP contribution in [-0.2, 0) is 7.05 Å². The summed E-state index contributed by atoms with van der Waals surface area (Å²) >= 11 is 7.62. The van der Waals surface area contributed by atoms with E-state index in [0.29, 0.717) is 21.2 Å². The lowest BCUT2D eigenvalue weighted by Gasteiger charge is -2.04. The van der Waals surface area contributed by atoms with Gasteiger partial charge in [-0.15, -0.1) is 11.3 Å². The fourth-order valence-electron chi connectivity index (χ4n) is 2.46. The van der Waals surface area contributed by atoms with Gasteiger partial charge in [0.2, 0.25) is 5.78 Å². The van der Waals surface area contributed by atoms with Gasteiger partial charge >= 0.3 is 0 Å². The van der Waals surface area contributed by atoms with Gasteiger partial charge in [0, 0.05) is 13.2 Å². The summed E-state index contributed by atoms with van der Waals surface area (Å²) in [7, 11) is 3.53. The number of rotatable bonds is 3. The Morgan fingerprint density at radius 3 is 2.76 bits per heavy atom. The molecule has 5 heteroatoms. The molecular weight excluding hydrogens is 306 g/mol. The maximum absolute atomic E-state index is 12.8. The minimum atomic E-state index is -0.0619. The molecule has 3 nitrogen and oxygen atoms in total. The first-order valence-electron chi connectivity index (χ1n) is 6.45. The molecule has 3 aromatic rings. The van der Waals surface area contributed by atoms with Gasteiger partial charge in [-0.25, -0.2) is 0 Å². The van der Waals surface area contributed by atoms with E-state index in [9.17, 15) is 4.79 Å². The molecule has 2 heterocycles. The van der Waals surface area contributed by atoms with Crippen molar-refractivity contribution in [1.29, 1.82) is 0 Å². The minimum Gasteiger partial charge on any atom is -0.496 e. The van der Waals surface area contributed by atoms with Crippen LogP contribution in [0.1, 0.15) is 20.8 Å². The Bertz CT molecular complexity index is 847. The molecule has 3 rings (SSSR count). The molecule has 0 saturated heterocycles. The summed E-state index contributed by atoms with van der Waals surface area (Å²) in [5, 5.41) is 3.27. The zero-order valence-corrected chi connectivity index (χ0v) is 13.5. The maximum Gasteiger partial charge on any atom is 0.206 e. The number of carbonyl (C=O) groups is 1. The van der Waals surface area contributed by atoms with E-state index in [1.54, 1.807) is 7.11 Å². The molecule has 0 fully saturated rings. The minimum absolute atomic E-state index is 0.0619. The lowest BCUT2D eigenvalue weighted by Crippen LogP contribution is -1.99. The summed E-state index contributed by atoms with van der Waals surface area (Å²) in [6.07, 6.45) is 1.83. The number of hydrogen-bond acceptors (Lipinski definition) is 3. The van der Waals surface area contributed by atoms with Crippen LogP contribution in [0.15, 0.2) is 29.8 Å². The van der Waals surface area contributed by atoms with Gasteiger partial charge in [0.25, 0.3) is 0 Å². The smallest absolute Gasteiger partial charge is 0.206 e. The van der Waals surface area contributed by atoms with Gasteiger partial charge < -0.3 is 9.30 Å². The van der Waals surface area contributed by atoms with Gasteiger partial charge in [-0.1, -0.05) is 17.7 Å². The molecular formula is C16H14ClNO2S. The van der Waals surface area contributed by atoms with E-state index < -0.39 is 0 Å². The standard InChI is InChI=1S/C16H14ClNO2S/c1-9-8-21-16(14(9)17)15(19)10-7-18(2)11-5-4-6-12(20-3)13(10)11/h4-8H,1-3H3. The van der Waals surface area contributed by atoms with Crippen molar-refractivity contribution in [2.24, 2.45) is 7.05 Å². The molecule has 0 spiro atoms. The van der Waals surface area contributed by atoms with Gasteiger partial charge in [0.1, 0.15) is 5.75 Å². The number of ketones is 1. The number of aromatic nitrogens is 1. The molecule has 108 valence electrons. The van der Waals surface area contributed by atoms with Crippen molar-refractivity contribution in [3.8, 4) is 5.75 Å². The molecule has 0 aliphatic rings. The van der Waals surface area contributed by atoms with Crippen LogP contribution in [0.5, 0.6) is 5.75 Å². The van der Waals surface area contributed by atoms with Crippen LogP contribution in [0.2, 0.25) is 5.02 Å². The number of hydrogen-bond donors (Lipinski definition) is 0. The van der Waals surface area contributed by atoms with Gasteiger partial charge in [0.15, 0.2) is 0 Å². The summed E-state index contributed by atoms with van der Waals surface area (Å²) in [5.74, 6) is 0.633. The molecule has 0 aliphatic heterocycles. The van der Waals surface area contributed by atoms with Crippen LogP contribution < -0.4 is 4.74 Å². The predicted molar refractivity (Wildman–Crippen MR) is 87.0 cm³/mol. The lowest BCUT2D eigenvalue weighted by molar-refractivity contribution is 0.104. The van der Waals surface area contributed by atoms with Crippen molar-refractivity contribution in [2.75, 3.05) is 7.11 Å². The topological polar surface area (TPSA) is 31.2 Å². The summed E-state index contributed by atoms with van der Waals surface area (Å²) in [5.41, 5.74) is 2.51. The highest BCUT2D eigenvalue weighted by molar-refractivity contribution is 7.13. The first-order chi connectivity index (χ1) is 10.0. The van der Waals surface area contributed by atoms with Crippen molar-refractivity contribution >= 4 is 39.6 Å². The van der Waals surface area contributed by atoms with Crippen LogP contribution in [0.4, 0.5) is 0 Å². The Morgan fingerprint density at radius 1 is 1.38 bits per heavy atom. The van der Waals surface area contributed by atoms with E-state index >= 15 is 0 Å². The SMILES string of the molecule is COc1cccc2c1c(C(=O)c1scc(C)c1Cl)cn2C. The molecule has 0 N–H and O–H groups in total. The van der Waals surface area contributed by atoms with Gasteiger partial charge in [-0.3, -0.25) is 4.79 Å². The average Bonchev–Trinajstić information content (AvgIpc) is 3.00. The van der Waals surface area contributed by atoms with Crippen LogP contribution in [0, 0.1) is 6.92 Å². The quantitative estimate of drug-likeness (QED) is 0.668. The largest absolute Gasteiger partial charge is 0.496 e. The molecule has 0 amide bonds. The molecule has 0 bridgehead atoms. The summed E-state index contributed by atoms with van der Waals surface area (Å²) in [6, 6.07) is 5.74. The third-order valence-corrected chi connectivity index (χ3v) is 5.24. The molecule has 21 heavy (non-hydrogen) atoms. The van der Waals surface area contributed by atoms with E-state index in [1.807, 2.05) is 48.3 Å². The second-order valence-corrected chi connectivity index (χ2v) is 6.16. The highest BCUT2D eigenvalue weighted by Gasteiger charge is 2.22. The number of carbonyl (C=O) groups excluding carboxylic acids is 1. The Kier molecular flexibility index (Phi) is 3.51. The predicted octanol–water partition coefficient (Wildman–Crippen LogP) is 4.44. The number of halogens is 1. The van der Waals surface area contributed by atoms with E-state index in [4.69, 9.17) is 16.3 Å². The average molecular weight is 320 g/mol. The Hall–Kier alpha value is -1.78. The third kappa shape index (κ3) is 2.15. The fourth-order valence-corrected chi connectivity index (χ4v) is 3.69. The second kappa shape index (κ2) is 5.20. The number of nitrogens with zero attached hydrogens (tertiary/aromatic N) is 1. The van der Waals surface area contributed by atoms with Crippen molar-refractivity contribution in [2.45, 2.75) is 6.92 Å². The van der Waals surface area contributed by atoms with Crippen LogP contribution in [0.3, 0.4) is 0 Å². The molecule has 0 saturated carbocycles. The van der Waals surface area contributed by atoms with E-state index in [0.717, 1.165) is 16.5 Å². The first-order valence-corrected chi connectivity index (χ1v) is 7.70. The Labute approximate surface area is 131 Å². The van der Waals surface area contributed by atoms with E-state index in [2.05, 4.69) is 0 Å². The fraction of sp³-hybridized carbons (Fsp3) is 0.188. The van der Waals surface area contributed by atoms with E-state index in [-0.39, 0.29) is 5.78 Å². The highest BCUT2D eigenvalue weighted by atomic mass is 35.5.